The van der Waals surface area contributed by atoms with E-state index in [2.05, 4.69) is 4.98 Å². The van der Waals surface area contributed by atoms with Gasteiger partial charge in [-0.3, -0.25) is 0 Å². The van der Waals surface area contributed by atoms with Crippen LogP contribution in [0.2, 0.25) is 0 Å². The Morgan fingerprint density at radius 2 is 1.63 bits per heavy atom. The molecule has 1 aromatic rings. The van der Waals surface area contributed by atoms with Crippen LogP contribution in [0.15, 0.2) is 12.1 Å². The molecule has 1 aliphatic carbocycles. The molecule has 0 aromatic heterocycles. The van der Waals surface area contributed by atoms with Gasteiger partial charge in [0.25, 0.3) is 0 Å². The quantitative estimate of drug-likeness (QED) is 0.773. The van der Waals surface area contributed by atoms with Crippen LogP contribution in [0.1, 0.15) is 32.1 Å². The number of nitrogens with zero attached hydrogens (tertiary/aromatic N) is 2. The largest absolute Gasteiger partial charge is 0.490 e. The molecule has 1 aliphatic rings. The topological polar surface area (TPSA) is 55.8 Å². The highest BCUT2D eigenvalue weighted by molar-refractivity contribution is 5.69. The molecule has 0 N–H and O–H groups in total. The Morgan fingerprint density at radius 1 is 1.05 bits per heavy atom. The van der Waals surface area contributed by atoms with Gasteiger partial charge in [0.1, 0.15) is 5.75 Å². The number of methoxy groups -OCH3 is 2. The van der Waals surface area contributed by atoms with Crippen molar-refractivity contribution in [1.82, 2.24) is 0 Å². The molecular formula is C14H19N2O3+. The first-order valence-corrected chi connectivity index (χ1v) is 6.56. The van der Waals surface area contributed by atoms with Crippen LogP contribution in [-0.2, 0) is 0 Å². The van der Waals surface area contributed by atoms with Crippen molar-refractivity contribution in [2.45, 2.75) is 38.2 Å². The van der Waals surface area contributed by atoms with E-state index >= 15 is 0 Å². The molecular weight excluding hydrogens is 244 g/mol. The minimum absolute atomic E-state index is 0.250. The van der Waals surface area contributed by atoms with Crippen molar-refractivity contribution >= 4 is 5.69 Å². The molecule has 0 aliphatic heterocycles. The van der Waals surface area contributed by atoms with E-state index in [9.17, 15) is 0 Å². The van der Waals surface area contributed by atoms with E-state index in [-0.39, 0.29) is 11.8 Å². The molecule has 2 rings (SSSR count). The van der Waals surface area contributed by atoms with Crippen molar-refractivity contribution in [3.63, 3.8) is 0 Å². The molecule has 0 heterocycles. The fourth-order valence-corrected chi connectivity index (χ4v) is 2.41. The maximum atomic E-state index is 9.00. The molecule has 1 saturated carbocycles. The zero-order valence-corrected chi connectivity index (χ0v) is 11.4. The van der Waals surface area contributed by atoms with Crippen LogP contribution in [0, 0.1) is 5.39 Å². The first-order chi connectivity index (χ1) is 9.28. The lowest BCUT2D eigenvalue weighted by atomic mass is 9.98. The molecule has 0 unspecified atom stereocenters. The van der Waals surface area contributed by atoms with E-state index in [0.29, 0.717) is 17.2 Å². The van der Waals surface area contributed by atoms with E-state index in [1.165, 1.54) is 33.5 Å². The van der Waals surface area contributed by atoms with E-state index in [4.69, 9.17) is 19.6 Å². The lowest BCUT2D eigenvalue weighted by Crippen LogP contribution is -2.19. The third-order valence-electron chi connectivity index (χ3n) is 3.41. The zero-order chi connectivity index (χ0) is 13.7. The van der Waals surface area contributed by atoms with Crippen molar-refractivity contribution in [2.75, 3.05) is 14.2 Å². The summed E-state index contributed by atoms with van der Waals surface area (Å²) in [7, 11) is 3.04. The Kier molecular flexibility index (Phi) is 4.45. The molecule has 0 spiro atoms. The summed E-state index contributed by atoms with van der Waals surface area (Å²) < 4.78 is 16.3. The molecule has 0 radical (unpaired) electrons. The number of rotatable bonds is 4. The lowest BCUT2D eigenvalue weighted by molar-refractivity contribution is 0.154. The molecule has 5 nitrogen and oxygen atoms in total. The maximum Gasteiger partial charge on any atom is 0.467 e. The first kappa shape index (κ1) is 13.5. The van der Waals surface area contributed by atoms with Crippen LogP contribution in [0.4, 0.5) is 5.69 Å². The van der Waals surface area contributed by atoms with Crippen molar-refractivity contribution in [1.29, 1.82) is 5.39 Å². The lowest BCUT2D eigenvalue weighted by Gasteiger charge is -2.23. The van der Waals surface area contributed by atoms with Gasteiger partial charge in [-0.2, -0.15) is 0 Å². The Balaban J connectivity index is 2.23. The Labute approximate surface area is 113 Å². The fraction of sp³-hybridized carbons (Fsp3) is 0.571. The van der Waals surface area contributed by atoms with Crippen molar-refractivity contribution in [3.8, 4) is 17.2 Å². The summed E-state index contributed by atoms with van der Waals surface area (Å²) in [4.78, 5) is 3.19. The second kappa shape index (κ2) is 6.28. The summed E-state index contributed by atoms with van der Waals surface area (Å²) in [6.07, 6.45) is 6.12. The van der Waals surface area contributed by atoms with Crippen LogP contribution >= 0.6 is 0 Å². The average Bonchev–Trinajstić information content (AvgIpc) is 2.47. The molecule has 5 heteroatoms. The highest BCUT2D eigenvalue weighted by Gasteiger charge is 2.25. The van der Waals surface area contributed by atoms with E-state index in [1.54, 1.807) is 12.1 Å². The molecule has 1 fully saturated rings. The first-order valence-electron chi connectivity index (χ1n) is 6.56. The third-order valence-corrected chi connectivity index (χ3v) is 3.41. The summed E-state index contributed by atoms with van der Waals surface area (Å²) in [5.41, 5.74) is 0.279. The van der Waals surface area contributed by atoms with Gasteiger partial charge in [-0.25, -0.2) is 0 Å². The van der Waals surface area contributed by atoms with E-state index in [1.807, 2.05) is 0 Å². The van der Waals surface area contributed by atoms with Gasteiger partial charge in [0.05, 0.1) is 20.3 Å². The second-order valence-corrected chi connectivity index (χ2v) is 4.65. The van der Waals surface area contributed by atoms with Gasteiger partial charge >= 0.3 is 5.69 Å². The van der Waals surface area contributed by atoms with Gasteiger partial charge in [-0.05, 0) is 25.7 Å². The number of hydrogen-bond donors (Lipinski definition) is 0. The molecule has 0 saturated heterocycles. The second-order valence-electron chi connectivity index (χ2n) is 4.65. The van der Waals surface area contributed by atoms with Gasteiger partial charge < -0.3 is 14.2 Å². The van der Waals surface area contributed by atoms with Crippen LogP contribution in [-0.4, -0.2) is 20.3 Å². The smallest absolute Gasteiger partial charge is 0.467 e. The summed E-state index contributed by atoms with van der Waals surface area (Å²) >= 11 is 0. The van der Waals surface area contributed by atoms with Crippen LogP contribution in [0.25, 0.3) is 4.98 Å². The minimum Gasteiger partial charge on any atom is -0.490 e. The van der Waals surface area contributed by atoms with E-state index < -0.39 is 0 Å². The van der Waals surface area contributed by atoms with Gasteiger partial charge in [0.15, 0.2) is 4.98 Å². The van der Waals surface area contributed by atoms with Crippen molar-refractivity contribution in [3.05, 3.63) is 17.1 Å². The van der Waals surface area contributed by atoms with Gasteiger partial charge in [-0.1, -0.05) is 6.42 Å². The predicted octanol–water partition coefficient (Wildman–Crippen LogP) is 3.90. The van der Waals surface area contributed by atoms with Gasteiger partial charge in [0.2, 0.25) is 16.9 Å². The highest BCUT2D eigenvalue weighted by Crippen LogP contribution is 2.41. The standard InChI is InChI=1S/C14H19N2O3/c1-17-12-8-11(9-13(18-2)14(12)16-15)19-10-6-4-3-5-7-10/h8-10H,3-7H2,1-2H3/q+1. The van der Waals surface area contributed by atoms with Crippen molar-refractivity contribution < 1.29 is 14.2 Å². The number of hydrogen-bond acceptors (Lipinski definition) is 4. The molecule has 0 atom stereocenters. The normalized spacial score (nSPS) is 15.6. The molecule has 0 bridgehead atoms. The summed E-state index contributed by atoms with van der Waals surface area (Å²) in [6, 6.07) is 3.46. The summed E-state index contributed by atoms with van der Waals surface area (Å²) in [5, 5.41) is 9.00. The Bertz CT molecular complexity index is 451. The molecule has 19 heavy (non-hydrogen) atoms. The number of diazo groups is 1. The fourth-order valence-electron chi connectivity index (χ4n) is 2.41. The Morgan fingerprint density at radius 3 is 2.11 bits per heavy atom. The monoisotopic (exact) mass is 263 g/mol. The number of benzene rings is 1. The molecule has 102 valence electrons. The summed E-state index contributed by atoms with van der Waals surface area (Å²) in [5.74, 6) is 1.56. The van der Waals surface area contributed by atoms with E-state index in [0.717, 1.165) is 12.8 Å². The highest BCUT2D eigenvalue weighted by atomic mass is 16.5. The predicted molar refractivity (Wildman–Crippen MR) is 71.8 cm³/mol. The number of ether oxygens (including phenoxy) is 3. The SMILES string of the molecule is COc1cc(OC2CCCCC2)cc(OC)c1[N+]#N. The van der Waals surface area contributed by atoms with Crippen LogP contribution in [0.3, 0.4) is 0 Å². The summed E-state index contributed by atoms with van der Waals surface area (Å²) in [6.45, 7) is 0. The maximum absolute atomic E-state index is 9.00. The van der Waals surface area contributed by atoms with Crippen LogP contribution in [0.5, 0.6) is 17.2 Å². The molecule has 1 aromatic carbocycles. The average molecular weight is 263 g/mol. The molecule has 0 amide bonds. The van der Waals surface area contributed by atoms with Crippen LogP contribution < -0.4 is 14.2 Å². The third kappa shape index (κ3) is 3.08. The zero-order valence-electron chi connectivity index (χ0n) is 11.4. The van der Waals surface area contributed by atoms with Gasteiger partial charge in [-0.15, -0.1) is 0 Å². The van der Waals surface area contributed by atoms with Gasteiger partial charge in [0, 0.05) is 12.1 Å². The minimum atomic E-state index is 0.250. The Hall–Kier alpha value is -1.96. The van der Waals surface area contributed by atoms with Crippen molar-refractivity contribution in [2.24, 2.45) is 0 Å².